The van der Waals surface area contributed by atoms with Crippen molar-refractivity contribution in [3.8, 4) is 0 Å². The van der Waals surface area contributed by atoms with Crippen molar-refractivity contribution in [2.24, 2.45) is 5.84 Å². The quantitative estimate of drug-likeness (QED) is 0.554. The van der Waals surface area contributed by atoms with Crippen LogP contribution in [-0.2, 0) is 28.9 Å². The number of nitrogens with one attached hydrogen (secondary N) is 1. The molecule has 88 valence electrons. The molecule has 0 bridgehead atoms. The molecular weight excluding hydrogens is 208 g/mol. The molecule has 2 heterocycles. The second kappa shape index (κ2) is 5.20. The van der Waals surface area contributed by atoms with E-state index < -0.39 is 0 Å². The largest absolute Gasteiger partial charge is 0.384 e. The summed E-state index contributed by atoms with van der Waals surface area (Å²) in [5.74, 6) is 6.87. The number of anilines is 1. The van der Waals surface area contributed by atoms with Gasteiger partial charge in [0.25, 0.3) is 0 Å². The molecule has 6 nitrogen and oxygen atoms in total. The molecule has 2 rings (SSSR count). The van der Waals surface area contributed by atoms with Crippen LogP contribution < -0.4 is 11.3 Å². The topological polar surface area (TPSA) is 82.3 Å². The van der Waals surface area contributed by atoms with Crippen LogP contribution in [0.5, 0.6) is 0 Å². The average molecular weight is 224 g/mol. The number of aromatic nitrogens is 2. The van der Waals surface area contributed by atoms with E-state index in [0.29, 0.717) is 32.1 Å². The summed E-state index contributed by atoms with van der Waals surface area (Å²) in [5, 5.41) is 0. The number of hydrazine groups is 1. The summed E-state index contributed by atoms with van der Waals surface area (Å²) < 4.78 is 10.4. The third kappa shape index (κ3) is 2.29. The van der Waals surface area contributed by atoms with E-state index in [4.69, 9.17) is 15.3 Å². The van der Waals surface area contributed by atoms with E-state index in [1.165, 1.54) is 0 Å². The Morgan fingerprint density at radius 3 is 3.12 bits per heavy atom. The van der Waals surface area contributed by atoms with Crippen molar-refractivity contribution in [3.05, 3.63) is 17.1 Å². The summed E-state index contributed by atoms with van der Waals surface area (Å²) in [7, 11) is 1.66. The Morgan fingerprint density at radius 1 is 1.50 bits per heavy atom. The Morgan fingerprint density at radius 2 is 2.38 bits per heavy atom. The van der Waals surface area contributed by atoms with E-state index >= 15 is 0 Å². The van der Waals surface area contributed by atoms with Crippen LogP contribution in [-0.4, -0.2) is 30.3 Å². The molecule has 0 saturated carbocycles. The van der Waals surface area contributed by atoms with Crippen LogP contribution in [0.3, 0.4) is 0 Å². The van der Waals surface area contributed by atoms with Crippen LogP contribution in [0.4, 0.5) is 5.82 Å². The first-order chi connectivity index (χ1) is 7.85. The van der Waals surface area contributed by atoms with Crippen LogP contribution in [0.1, 0.15) is 17.1 Å². The molecule has 6 heteroatoms. The van der Waals surface area contributed by atoms with Gasteiger partial charge in [0.05, 0.1) is 25.5 Å². The first-order valence-corrected chi connectivity index (χ1v) is 5.27. The lowest BCUT2D eigenvalue weighted by Crippen LogP contribution is -2.20. The van der Waals surface area contributed by atoms with Gasteiger partial charge in [0.1, 0.15) is 11.6 Å². The summed E-state index contributed by atoms with van der Waals surface area (Å²) in [6, 6.07) is 0. The molecule has 0 amide bonds. The monoisotopic (exact) mass is 224 g/mol. The number of hydrogen-bond acceptors (Lipinski definition) is 6. The molecule has 0 atom stereocenters. The second-order valence-corrected chi connectivity index (χ2v) is 3.60. The Balaban J connectivity index is 2.28. The van der Waals surface area contributed by atoms with Crippen LogP contribution in [0.2, 0.25) is 0 Å². The van der Waals surface area contributed by atoms with Crippen molar-refractivity contribution in [2.75, 3.05) is 25.7 Å². The van der Waals surface area contributed by atoms with E-state index in [9.17, 15) is 0 Å². The number of ether oxygens (including phenoxy) is 2. The van der Waals surface area contributed by atoms with Gasteiger partial charge in [-0.15, -0.1) is 0 Å². The van der Waals surface area contributed by atoms with Crippen molar-refractivity contribution >= 4 is 5.82 Å². The van der Waals surface area contributed by atoms with E-state index in [2.05, 4.69) is 15.4 Å². The lowest BCUT2D eigenvalue weighted by atomic mass is 10.1. The van der Waals surface area contributed by atoms with Crippen molar-refractivity contribution in [1.82, 2.24) is 9.97 Å². The Bertz CT molecular complexity index is 353. The molecule has 0 unspecified atom stereocenters. The minimum atomic E-state index is 0.527. The lowest BCUT2D eigenvalue weighted by Gasteiger charge is -2.18. The Hall–Kier alpha value is -1.24. The van der Waals surface area contributed by atoms with Gasteiger partial charge in [-0.2, -0.15) is 0 Å². The molecule has 1 aromatic rings. The van der Waals surface area contributed by atoms with Gasteiger partial charge in [-0.25, -0.2) is 15.8 Å². The third-order valence-electron chi connectivity index (χ3n) is 2.54. The summed E-state index contributed by atoms with van der Waals surface area (Å²) >= 11 is 0. The molecule has 0 radical (unpaired) electrons. The molecular formula is C10H16N4O2. The number of nitrogens with zero attached hydrogens (tertiary/aromatic N) is 2. The van der Waals surface area contributed by atoms with Crippen LogP contribution in [0, 0.1) is 0 Å². The van der Waals surface area contributed by atoms with Gasteiger partial charge in [0, 0.05) is 25.5 Å². The molecule has 1 aliphatic rings. The lowest BCUT2D eigenvalue weighted by molar-refractivity contribution is 0.109. The smallest absolute Gasteiger partial charge is 0.149 e. The predicted molar refractivity (Wildman–Crippen MR) is 58.8 cm³/mol. The van der Waals surface area contributed by atoms with Gasteiger partial charge in [-0.3, -0.25) is 0 Å². The van der Waals surface area contributed by atoms with E-state index in [-0.39, 0.29) is 0 Å². The number of methoxy groups -OCH3 is 1. The fraction of sp³-hybridized carbons (Fsp3) is 0.600. The maximum atomic E-state index is 5.44. The second-order valence-electron chi connectivity index (χ2n) is 3.60. The summed E-state index contributed by atoms with van der Waals surface area (Å²) in [6.45, 7) is 1.84. The van der Waals surface area contributed by atoms with Crippen LogP contribution in [0.25, 0.3) is 0 Å². The van der Waals surface area contributed by atoms with Crippen molar-refractivity contribution in [2.45, 2.75) is 19.4 Å². The fourth-order valence-electron chi connectivity index (χ4n) is 1.71. The van der Waals surface area contributed by atoms with Gasteiger partial charge in [-0.05, 0) is 0 Å². The van der Waals surface area contributed by atoms with Crippen molar-refractivity contribution < 1.29 is 9.47 Å². The molecule has 0 aliphatic carbocycles. The van der Waals surface area contributed by atoms with Gasteiger partial charge in [0.2, 0.25) is 0 Å². The predicted octanol–water partition coefficient (Wildman–Crippen LogP) is 0.0238. The normalized spacial score (nSPS) is 14.6. The molecule has 0 spiro atoms. The number of hydrogen-bond donors (Lipinski definition) is 2. The van der Waals surface area contributed by atoms with Gasteiger partial charge >= 0.3 is 0 Å². The highest BCUT2D eigenvalue weighted by atomic mass is 16.5. The molecule has 0 fully saturated rings. The highest BCUT2D eigenvalue weighted by Gasteiger charge is 2.17. The SMILES string of the molecule is COCCc1nc2c(c(NN)n1)COCC2. The maximum absolute atomic E-state index is 5.44. The van der Waals surface area contributed by atoms with Gasteiger partial charge in [-0.1, -0.05) is 0 Å². The minimum absolute atomic E-state index is 0.527. The van der Waals surface area contributed by atoms with Crippen LogP contribution in [0.15, 0.2) is 0 Å². The number of fused-ring (bicyclic) bond motifs is 1. The minimum Gasteiger partial charge on any atom is -0.384 e. The van der Waals surface area contributed by atoms with Crippen molar-refractivity contribution in [3.63, 3.8) is 0 Å². The number of nitrogens with two attached hydrogens (primary N) is 1. The molecule has 3 N–H and O–H groups in total. The zero-order valence-electron chi connectivity index (χ0n) is 9.32. The standard InChI is InChI=1S/C10H16N4O2/c1-15-4-3-9-12-8-2-5-16-6-7(8)10(13-9)14-11/h2-6,11H2,1H3,(H,12,13,14). The Kier molecular flexibility index (Phi) is 3.66. The first-order valence-electron chi connectivity index (χ1n) is 5.27. The van der Waals surface area contributed by atoms with Gasteiger partial charge < -0.3 is 14.9 Å². The average Bonchev–Trinajstić information content (AvgIpc) is 2.35. The number of nitrogen functional groups attached to an aromatic ring is 1. The summed E-state index contributed by atoms with van der Waals surface area (Å²) in [6.07, 6.45) is 1.51. The molecule has 1 aromatic heterocycles. The maximum Gasteiger partial charge on any atom is 0.149 e. The highest BCUT2D eigenvalue weighted by molar-refractivity contribution is 5.46. The molecule has 16 heavy (non-hydrogen) atoms. The Labute approximate surface area is 94.1 Å². The summed E-state index contributed by atoms with van der Waals surface area (Å²) in [5.41, 5.74) is 4.60. The van der Waals surface area contributed by atoms with E-state index in [1.807, 2.05) is 0 Å². The van der Waals surface area contributed by atoms with Crippen LogP contribution >= 0.6 is 0 Å². The van der Waals surface area contributed by atoms with Crippen molar-refractivity contribution in [1.29, 1.82) is 0 Å². The van der Waals surface area contributed by atoms with Gasteiger partial charge in [0.15, 0.2) is 0 Å². The van der Waals surface area contributed by atoms with E-state index in [0.717, 1.165) is 23.5 Å². The highest BCUT2D eigenvalue weighted by Crippen LogP contribution is 2.21. The fourth-order valence-corrected chi connectivity index (χ4v) is 1.71. The third-order valence-corrected chi connectivity index (χ3v) is 2.54. The van der Waals surface area contributed by atoms with E-state index in [1.54, 1.807) is 7.11 Å². The first kappa shape index (κ1) is 11.3. The zero-order chi connectivity index (χ0) is 11.4. The molecule has 0 saturated heterocycles. The molecule has 0 aromatic carbocycles. The number of rotatable bonds is 4. The zero-order valence-corrected chi connectivity index (χ0v) is 9.32. The summed E-state index contributed by atoms with van der Waals surface area (Å²) in [4.78, 5) is 8.83. The molecule has 1 aliphatic heterocycles.